The summed E-state index contributed by atoms with van der Waals surface area (Å²) in [6, 6.07) is 8.73. The van der Waals surface area contributed by atoms with Crippen LogP contribution >= 0.6 is 0 Å². The molecule has 0 spiro atoms. The molecule has 1 heterocycles. The van der Waals surface area contributed by atoms with E-state index in [4.69, 9.17) is 4.74 Å². The van der Waals surface area contributed by atoms with Crippen LogP contribution in [0, 0.1) is 0 Å². The zero-order valence-corrected chi connectivity index (χ0v) is 11.6. The van der Waals surface area contributed by atoms with Crippen LogP contribution in [0.5, 0.6) is 0 Å². The van der Waals surface area contributed by atoms with Gasteiger partial charge in [0.2, 0.25) is 0 Å². The topological polar surface area (TPSA) is 32.7 Å². The highest BCUT2D eigenvalue weighted by atomic mass is 16.5. The van der Waals surface area contributed by atoms with E-state index in [0.29, 0.717) is 12.1 Å². The maximum Gasteiger partial charge on any atom is 0.0781 e. The number of aliphatic hydroxyl groups is 1. The molecule has 0 amide bonds. The van der Waals surface area contributed by atoms with Crippen LogP contribution in [0.2, 0.25) is 0 Å². The van der Waals surface area contributed by atoms with Gasteiger partial charge in [-0.05, 0) is 25.8 Å². The lowest BCUT2D eigenvalue weighted by atomic mass is 9.89. The Kier molecular flexibility index (Phi) is 3.76. The van der Waals surface area contributed by atoms with E-state index in [9.17, 15) is 5.11 Å². The third-order valence-electron chi connectivity index (χ3n) is 4.43. The molecule has 1 saturated heterocycles. The number of benzene rings is 1. The molecule has 2 aliphatic rings. The summed E-state index contributed by atoms with van der Waals surface area (Å²) in [4.78, 5) is 2.47. The molecule has 3 rings (SSSR count). The Morgan fingerprint density at radius 3 is 2.89 bits per heavy atom. The molecular weight excluding hydrogens is 238 g/mol. The highest BCUT2D eigenvalue weighted by Crippen LogP contribution is 2.35. The summed E-state index contributed by atoms with van der Waals surface area (Å²) in [7, 11) is 0. The molecule has 1 saturated carbocycles. The van der Waals surface area contributed by atoms with E-state index in [1.165, 1.54) is 31.4 Å². The van der Waals surface area contributed by atoms with E-state index in [2.05, 4.69) is 17.0 Å². The molecule has 1 aliphatic carbocycles. The monoisotopic (exact) mass is 261 g/mol. The number of aliphatic hydroxyl groups excluding tert-OH is 1. The Morgan fingerprint density at radius 1 is 1.26 bits per heavy atom. The van der Waals surface area contributed by atoms with E-state index in [1.807, 2.05) is 19.1 Å². The Labute approximate surface area is 115 Å². The fourth-order valence-corrected chi connectivity index (χ4v) is 3.50. The van der Waals surface area contributed by atoms with E-state index in [0.717, 1.165) is 18.7 Å². The molecule has 0 bridgehead atoms. The van der Waals surface area contributed by atoms with E-state index < -0.39 is 6.10 Å². The van der Waals surface area contributed by atoms with Gasteiger partial charge in [0.1, 0.15) is 0 Å². The maximum atomic E-state index is 9.97. The normalized spacial score (nSPS) is 28.8. The van der Waals surface area contributed by atoms with Crippen molar-refractivity contribution in [2.75, 3.05) is 18.1 Å². The van der Waals surface area contributed by atoms with Crippen LogP contribution in [0.3, 0.4) is 0 Å². The number of anilines is 1. The summed E-state index contributed by atoms with van der Waals surface area (Å²) < 4.78 is 5.93. The summed E-state index contributed by atoms with van der Waals surface area (Å²) in [5.74, 6) is 0. The van der Waals surface area contributed by atoms with Crippen LogP contribution in [0.1, 0.15) is 44.3 Å². The minimum Gasteiger partial charge on any atom is -0.389 e. The van der Waals surface area contributed by atoms with Crippen LogP contribution in [-0.2, 0) is 4.74 Å². The standard InChI is InChI=1S/C16H23NO2/c1-12(18)13-6-2-3-7-14(13)17-10-11-19-16-9-5-4-8-15(16)17/h2-3,6-7,12,15-16,18H,4-5,8-11H2,1H3. The molecule has 1 aromatic rings. The van der Waals surface area contributed by atoms with Crippen molar-refractivity contribution in [2.45, 2.75) is 50.9 Å². The first kappa shape index (κ1) is 12.9. The SMILES string of the molecule is CC(O)c1ccccc1N1CCOC2CCCCC21. The second-order valence-corrected chi connectivity index (χ2v) is 5.69. The minimum atomic E-state index is -0.416. The zero-order chi connectivity index (χ0) is 13.2. The quantitative estimate of drug-likeness (QED) is 0.888. The van der Waals surface area contributed by atoms with Crippen molar-refractivity contribution in [3.63, 3.8) is 0 Å². The lowest BCUT2D eigenvalue weighted by molar-refractivity contribution is -0.00887. The smallest absolute Gasteiger partial charge is 0.0781 e. The molecule has 1 N–H and O–H groups in total. The first-order valence-corrected chi connectivity index (χ1v) is 7.42. The van der Waals surface area contributed by atoms with Gasteiger partial charge in [-0.3, -0.25) is 0 Å². The van der Waals surface area contributed by atoms with Gasteiger partial charge in [-0.2, -0.15) is 0 Å². The molecule has 19 heavy (non-hydrogen) atoms. The van der Waals surface area contributed by atoms with Crippen molar-refractivity contribution in [1.29, 1.82) is 0 Å². The van der Waals surface area contributed by atoms with Crippen molar-refractivity contribution in [3.05, 3.63) is 29.8 Å². The van der Waals surface area contributed by atoms with Gasteiger partial charge >= 0.3 is 0 Å². The molecule has 1 aromatic carbocycles. The van der Waals surface area contributed by atoms with Gasteiger partial charge in [0.15, 0.2) is 0 Å². The predicted molar refractivity (Wildman–Crippen MR) is 76.4 cm³/mol. The Morgan fingerprint density at radius 2 is 2.05 bits per heavy atom. The van der Waals surface area contributed by atoms with Gasteiger partial charge in [0, 0.05) is 17.8 Å². The first-order valence-electron chi connectivity index (χ1n) is 7.42. The molecule has 0 radical (unpaired) electrons. The number of para-hydroxylation sites is 1. The van der Waals surface area contributed by atoms with Crippen molar-refractivity contribution >= 4 is 5.69 Å². The molecule has 0 aromatic heterocycles. The van der Waals surface area contributed by atoms with Gasteiger partial charge < -0.3 is 14.7 Å². The second-order valence-electron chi connectivity index (χ2n) is 5.69. The second kappa shape index (κ2) is 5.51. The summed E-state index contributed by atoms with van der Waals surface area (Å²) >= 11 is 0. The van der Waals surface area contributed by atoms with Crippen LogP contribution in [0.25, 0.3) is 0 Å². The van der Waals surface area contributed by atoms with E-state index in [1.54, 1.807) is 0 Å². The fraction of sp³-hybridized carbons (Fsp3) is 0.625. The van der Waals surface area contributed by atoms with E-state index in [-0.39, 0.29) is 0 Å². The average Bonchev–Trinajstić information content (AvgIpc) is 2.46. The number of ether oxygens (including phenoxy) is 1. The van der Waals surface area contributed by atoms with Crippen LogP contribution in [0.15, 0.2) is 24.3 Å². The summed E-state index contributed by atoms with van der Waals surface area (Å²) in [5.41, 5.74) is 2.23. The largest absolute Gasteiger partial charge is 0.389 e. The van der Waals surface area contributed by atoms with Gasteiger partial charge in [0.25, 0.3) is 0 Å². The third-order valence-corrected chi connectivity index (χ3v) is 4.43. The Balaban J connectivity index is 1.91. The number of hydrogen-bond donors (Lipinski definition) is 1. The Hall–Kier alpha value is -1.06. The molecule has 3 heteroatoms. The number of nitrogens with zero attached hydrogens (tertiary/aromatic N) is 1. The van der Waals surface area contributed by atoms with Crippen LogP contribution < -0.4 is 4.90 Å². The lowest BCUT2D eigenvalue weighted by Crippen LogP contribution is -2.53. The van der Waals surface area contributed by atoms with Gasteiger partial charge in [-0.25, -0.2) is 0 Å². The van der Waals surface area contributed by atoms with Crippen LogP contribution in [-0.4, -0.2) is 30.4 Å². The molecule has 3 nitrogen and oxygen atoms in total. The van der Waals surface area contributed by atoms with Crippen molar-refractivity contribution in [3.8, 4) is 0 Å². The molecule has 104 valence electrons. The Bertz CT molecular complexity index is 431. The predicted octanol–water partition coefficient (Wildman–Crippen LogP) is 2.89. The highest BCUT2D eigenvalue weighted by Gasteiger charge is 2.35. The van der Waals surface area contributed by atoms with Gasteiger partial charge in [0.05, 0.1) is 24.9 Å². The summed E-state index contributed by atoms with van der Waals surface area (Å²) in [5, 5.41) is 9.97. The average molecular weight is 261 g/mol. The summed E-state index contributed by atoms with van der Waals surface area (Å²) in [6.45, 7) is 3.58. The maximum absolute atomic E-state index is 9.97. The van der Waals surface area contributed by atoms with Crippen LogP contribution in [0.4, 0.5) is 5.69 Å². The van der Waals surface area contributed by atoms with E-state index >= 15 is 0 Å². The number of morpholine rings is 1. The third kappa shape index (κ3) is 2.49. The fourth-order valence-electron chi connectivity index (χ4n) is 3.50. The summed E-state index contributed by atoms with van der Waals surface area (Å²) in [6.07, 6.45) is 4.92. The number of fused-ring (bicyclic) bond motifs is 1. The number of hydrogen-bond acceptors (Lipinski definition) is 3. The lowest BCUT2D eigenvalue weighted by Gasteiger charge is -2.45. The molecule has 1 aliphatic heterocycles. The van der Waals surface area contributed by atoms with Crippen molar-refractivity contribution < 1.29 is 9.84 Å². The molecular formula is C16H23NO2. The van der Waals surface area contributed by atoms with Crippen molar-refractivity contribution in [1.82, 2.24) is 0 Å². The minimum absolute atomic E-state index is 0.379. The van der Waals surface area contributed by atoms with Gasteiger partial charge in [-0.15, -0.1) is 0 Å². The highest BCUT2D eigenvalue weighted by molar-refractivity contribution is 5.56. The first-order chi connectivity index (χ1) is 9.27. The number of rotatable bonds is 2. The van der Waals surface area contributed by atoms with Gasteiger partial charge in [-0.1, -0.05) is 31.0 Å². The molecule has 3 atom stereocenters. The van der Waals surface area contributed by atoms with Crippen molar-refractivity contribution in [2.24, 2.45) is 0 Å². The molecule has 3 unspecified atom stereocenters. The molecule has 2 fully saturated rings. The zero-order valence-electron chi connectivity index (χ0n) is 11.6.